The topological polar surface area (TPSA) is 33.2 Å². The Bertz CT molecular complexity index is 661. The maximum atomic E-state index is 12.7. The van der Waals surface area contributed by atoms with Crippen molar-refractivity contribution >= 4 is 29.1 Å². The van der Waals surface area contributed by atoms with Crippen LogP contribution < -0.4 is 0 Å². The van der Waals surface area contributed by atoms with Crippen LogP contribution in [0.1, 0.15) is 34.8 Å². The van der Waals surface area contributed by atoms with Crippen LogP contribution in [0, 0.1) is 0 Å². The van der Waals surface area contributed by atoms with Crippen molar-refractivity contribution < 1.29 is 4.79 Å². The smallest absolute Gasteiger partial charge is 0.254 e. The van der Waals surface area contributed by atoms with Gasteiger partial charge in [-0.25, -0.2) is 0 Å². The fourth-order valence-electron chi connectivity index (χ4n) is 2.72. The van der Waals surface area contributed by atoms with Gasteiger partial charge in [0.1, 0.15) is 0 Å². The van der Waals surface area contributed by atoms with Gasteiger partial charge < -0.3 is 4.90 Å². The van der Waals surface area contributed by atoms with Gasteiger partial charge in [-0.15, -0.1) is 0 Å². The predicted molar refractivity (Wildman–Crippen MR) is 83.7 cm³/mol. The molecule has 0 aliphatic carbocycles. The highest BCUT2D eigenvalue weighted by Gasteiger charge is 2.30. The summed E-state index contributed by atoms with van der Waals surface area (Å²) in [6.45, 7) is 0.749. The molecule has 1 amide bonds. The number of aromatic nitrogens is 1. The first kappa shape index (κ1) is 14.4. The molecule has 1 aliphatic heterocycles. The maximum Gasteiger partial charge on any atom is 0.254 e. The van der Waals surface area contributed by atoms with Crippen LogP contribution in [-0.4, -0.2) is 22.3 Å². The molecule has 0 N–H and O–H groups in total. The van der Waals surface area contributed by atoms with Gasteiger partial charge in [-0.3, -0.25) is 9.78 Å². The second kappa shape index (κ2) is 6.04. The largest absolute Gasteiger partial charge is 0.332 e. The van der Waals surface area contributed by atoms with Crippen LogP contribution in [-0.2, 0) is 0 Å². The zero-order chi connectivity index (χ0) is 14.8. The fraction of sp³-hybridized carbons (Fsp3) is 0.250. The summed E-state index contributed by atoms with van der Waals surface area (Å²) in [5.41, 5.74) is 1.64. The molecule has 5 heteroatoms. The molecule has 0 bridgehead atoms. The molecule has 2 aromatic rings. The van der Waals surface area contributed by atoms with Crippen LogP contribution in [0.15, 0.2) is 42.7 Å². The van der Waals surface area contributed by atoms with E-state index in [0.29, 0.717) is 15.6 Å². The van der Waals surface area contributed by atoms with Crippen LogP contribution in [0.5, 0.6) is 0 Å². The van der Waals surface area contributed by atoms with Gasteiger partial charge in [-0.2, -0.15) is 0 Å². The van der Waals surface area contributed by atoms with E-state index in [-0.39, 0.29) is 11.9 Å². The van der Waals surface area contributed by atoms with Crippen molar-refractivity contribution in [2.45, 2.75) is 18.9 Å². The van der Waals surface area contributed by atoms with E-state index in [1.807, 2.05) is 23.2 Å². The summed E-state index contributed by atoms with van der Waals surface area (Å²) < 4.78 is 0. The molecule has 1 aromatic carbocycles. The molecule has 3 nitrogen and oxygen atoms in total. The van der Waals surface area contributed by atoms with E-state index < -0.39 is 0 Å². The molecule has 108 valence electrons. The number of hydrogen-bond acceptors (Lipinski definition) is 2. The summed E-state index contributed by atoms with van der Waals surface area (Å²) in [4.78, 5) is 18.7. The van der Waals surface area contributed by atoms with Crippen LogP contribution in [0.3, 0.4) is 0 Å². The van der Waals surface area contributed by atoms with Gasteiger partial charge in [-0.1, -0.05) is 29.3 Å². The molecule has 1 fully saturated rings. The van der Waals surface area contributed by atoms with Gasteiger partial charge in [0.2, 0.25) is 0 Å². The summed E-state index contributed by atoms with van der Waals surface area (Å²) in [6, 6.07) is 9.00. The van der Waals surface area contributed by atoms with Crippen LogP contribution in [0.4, 0.5) is 0 Å². The average Bonchev–Trinajstić information content (AvgIpc) is 2.99. The number of amides is 1. The third-order valence-corrected chi connectivity index (χ3v) is 4.49. The Balaban J connectivity index is 1.88. The van der Waals surface area contributed by atoms with Gasteiger partial charge >= 0.3 is 0 Å². The first-order valence-corrected chi connectivity index (χ1v) is 7.58. The van der Waals surface area contributed by atoms with E-state index >= 15 is 0 Å². The van der Waals surface area contributed by atoms with Crippen molar-refractivity contribution in [1.29, 1.82) is 0 Å². The van der Waals surface area contributed by atoms with Crippen molar-refractivity contribution in [2.24, 2.45) is 0 Å². The molecule has 1 unspecified atom stereocenters. The zero-order valence-electron chi connectivity index (χ0n) is 11.3. The Kier molecular flexibility index (Phi) is 4.13. The summed E-state index contributed by atoms with van der Waals surface area (Å²) in [6.07, 6.45) is 5.51. The molecular weight excluding hydrogens is 307 g/mol. The highest BCUT2D eigenvalue weighted by atomic mass is 35.5. The Morgan fingerprint density at radius 3 is 2.81 bits per heavy atom. The molecule has 1 saturated heterocycles. The molecule has 1 atom stereocenters. The lowest BCUT2D eigenvalue weighted by Gasteiger charge is -2.25. The van der Waals surface area contributed by atoms with Crippen molar-refractivity contribution in [1.82, 2.24) is 9.88 Å². The minimum atomic E-state index is -0.0140. The quantitative estimate of drug-likeness (QED) is 0.823. The molecule has 1 aromatic heterocycles. The summed E-state index contributed by atoms with van der Waals surface area (Å²) in [5, 5.41) is 0.859. The Labute approximate surface area is 133 Å². The number of pyridine rings is 1. The van der Waals surface area contributed by atoms with E-state index in [1.54, 1.807) is 24.4 Å². The molecule has 2 heterocycles. The number of nitrogens with zero attached hydrogens (tertiary/aromatic N) is 2. The zero-order valence-corrected chi connectivity index (χ0v) is 12.8. The molecule has 1 aliphatic rings. The number of benzene rings is 1. The van der Waals surface area contributed by atoms with E-state index in [4.69, 9.17) is 23.2 Å². The Morgan fingerprint density at radius 2 is 2.10 bits per heavy atom. The summed E-state index contributed by atoms with van der Waals surface area (Å²) in [5.74, 6) is -0.0140. The van der Waals surface area contributed by atoms with Crippen LogP contribution >= 0.6 is 23.2 Å². The maximum absolute atomic E-state index is 12.7. The lowest BCUT2D eigenvalue weighted by atomic mass is 10.1. The first-order chi connectivity index (χ1) is 10.2. The predicted octanol–water partition coefficient (Wildman–Crippen LogP) is 4.37. The van der Waals surface area contributed by atoms with Crippen molar-refractivity contribution in [3.8, 4) is 0 Å². The van der Waals surface area contributed by atoms with E-state index in [1.165, 1.54) is 0 Å². The number of rotatable bonds is 2. The van der Waals surface area contributed by atoms with E-state index in [9.17, 15) is 4.79 Å². The standard InChI is InChI=1S/C16H14Cl2N2O/c17-13-6-5-11(9-14(13)18)16(21)20-8-2-4-15(20)12-3-1-7-19-10-12/h1,3,5-7,9-10,15H,2,4,8H2. The third kappa shape index (κ3) is 2.89. The monoisotopic (exact) mass is 320 g/mol. The number of carbonyl (C=O) groups is 1. The van der Waals surface area contributed by atoms with E-state index in [0.717, 1.165) is 24.9 Å². The molecule has 0 radical (unpaired) electrons. The lowest BCUT2D eigenvalue weighted by molar-refractivity contribution is 0.0735. The SMILES string of the molecule is O=C(c1ccc(Cl)c(Cl)c1)N1CCCC1c1cccnc1. The lowest BCUT2D eigenvalue weighted by Crippen LogP contribution is -2.30. The Hall–Kier alpha value is -1.58. The van der Waals surface area contributed by atoms with E-state index in [2.05, 4.69) is 4.98 Å². The second-order valence-corrected chi connectivity index (χ2v) is 5.89. The molecule has 0 spiro atoms. The summed E-state index contributed by atoms with van der Waals surface area (Å²) in [7, 11) is 0. The normalized spacial score (nSPS) is 18.0. The van der Waals surface area contributed by atoms with Crippen molar-refractivity contribution in [2.75, 3.05) is 6.54 Å². The number of likely N-dealkylation sites (tertiary alicyclic amines) is 1. The van der Waals surface area contributed by atoms with Crippen LogP contribution in [0.25, 0.3) is 0 Å². The minimum absolute atomic E-state index is 0.0140. The second-order valence-electron chi connectivity index (χ2n) is 5.07. The Morgan fingerprint density at radius 1 is 1.24 bits per heavy atom. The average molecular weight is 321 g/mol. The molecule has 3 rings (SSSR count). The van der Waals surface area contributed by atoms with Crippen molar-refractivity contribution in [3.05, 3.63) is 63.9 Å². The van der Waals surface area contributed by atoms with Gasteiger partial charge in [0.15, 0.2) is 0 Å². The highest BCUT2D eigenvalue weighted by molar-refractivity contribution is 6.42. The van der Waals surface area contributed by atoms with Gasteiger partial charge in [0.25, 0.3) is 5.91 Å². The van der Waals surface area contributed by atoms with Crippen molar-refractivity contribution in [3.63, 3.8) is 0 Å². The number of hydrogen-bond donors (Lipinski definition) is 0. The molecular formula is C16H14Cl2N2O. The number of carbonyl (C=O) groups excluding carboxylic acids is 1. The fourth-order valence-corrected chi connectivity index (χ4v) is 3.02. The summed E-state index contributed by atoms with van der Waals surface area (Å²) >= 11 is 11.9. The first-order valence-electron chi connectivity index (χ1n) is 6.83. The van der Waals surface area contributed by atoms with Crippen LogP contribution in [0.2, 0.25) is 10.0 Å². The van der Waals surface area contributed by atoms with Gasteiger partial charge in [0, 0.05) is 24.5 Å². The van der Waals surface area contributed by atoms with Gasteiger partial charge in [-0.05, 0) is 42.7 Å². The van der Waals surface area contributed by atoms with Gasteiger partial charge in [0.05, 0.1) is 16.1 Å². The third-order valence-electron chi connectivity index (χ3n) is 3.75. The molecule has 21 heavy (non-hydrogen) atoms. The number of halogens is 2. The minimum Gasteiger partial charge on any atom is -0.332 e. The highest BCUT2D eigenvalue weighted by Crippen LogP contribution is 2.33. The molecule has 0 saturated carbocycles.